The van der Waals surface area contributed by atoms with Gasteiger partial charge in [-0.15, -0.1) is 11.3 Å². The van der Waals surface area contributed by atoms with Crippen molar-refractivity contribution in [1.82, 2.24) is 4.98 Å². The van der Waals surface area contributed by atoms with Crippen molar-refractivity contribution in [3.63, 3.8) is 0 Å². The zero-order chi connectivity index (χ0) is 19.9. The maximum atomic E-state index is 12.1. The molecule has 2 aromatic carbocycles. The number of carbonyl (C=O) groups is 1. The summed E-state index contributed by atoms with van der Waals surface area (Å²) in [7, 11) is 0. The van der Waals surface area contributed by atoms with E-state index in [1.165, 1.54) is 11.3 Å². The highest BCUT2D eigenvalue weighted by Gasteiger charge is 2.10. The number of hydrogen-bond acceptors (Lipinski definition) is 5. The van der Waals surface area contributed by atoms with Crippen LogP contribution in [0.2, 0.25) is 5.02 Å². The van der Waals surface area contributed by atoms with Crippen LogP contribution in [-0.2, 0) is 4.79 Å². The molecule has 0 bridgehead atoms. The average molecular weight is 482 g/mol. The van der Waals surface area contributed by atoms with Gasteiger partial charge in [-0.3, -0.25) is 10.1 Å². The van der Waals surface area contributed by atoms with Crippen LogP contribution in [0.1, 0.15) is 13.3 Å². The van der Waals surface area contributed by atoms with Crippen LogP contribution >= 0.6 is 38.9 Å². The number of halogens is 2. The summed E-state index contributed by atoms with van der Waals surface area (Å²) in [6.07, 6.45) is 0.968. The van der Waals surface area contributed by atoms with Gasteiger partial charge in [0.05, 0.1) is 16.8 Å². The molecule has 8 heteroatoms. The van der Waals surface area contributed by atoms with Gasteiger partial charge in [-0.05, 0) is 64.8 Å². The molecule has 0 unspecified atom stereocenters. The Kier molecular flexibility index (Phi) is 7.30. The lowest BCUT2D eigenvalue weighted by molar-refractivity contribution is -0.118. The Hall–Kier alpha value is -2.09. The molecule has 3 aromatic rings. The summed E-state index contributed by atoms with van der Waals surface area (Å²) in [6, 6.07) is 12.8. The van der Waals surface area contributed by atoms with E-state index >= 15 is 0 Å². The highest BCUT2D eigenvalue weighted by atomic mass is 79.9. The second kappa shape index (κ2) is 9.91. The number of carbonyl (C=O) groups excluding carboxylic acids is 1. The Morgan fingerprint density at radius 2 is 2.00 bits per heavy atom. The number of nitrogens with zero attached hydrogens (tertiary/aromatic N) is 1. The minimum absolute atomic E-state index is 0.126. The summed E-state index contributed by atoms with van der Waals surface area (Å²) in [5.41, 5.74) is 1.76. The molecule has 1 N–H and O–H groups in total. The molecule has 0 saturated carbocycles. The number of rotatable bonds is 8. The SMILES string of the molecule is CCCOc1ccc(-c2csc(NC(=O)COc3ccc(Cl)cc3Br)n2)cc1. The van der Waals surface area contributed by atoms with E-state index in [-0.39, 0.29) is 12.5 Å². The number of thiazole rings is 1. The summed E-state index contributed by atoms with van der Waals surface area (Å²) < 4.78 is 11.8. The van der Waals surface area contributed by atoms with Crippen molar-refractivity contribution in [2.24, 2.45) is 0 Å². The van der Waals surface area contributed by atoms with Crippen LogP contribution in [0.25, 0.3) is 11.3 Å². The van der Waals surface area contributed by atoms with Crippen LogP contribution in [0, 0.1) is 0 Å². The van der Waals surface area contributed by atoms with Crippen LogP contribution in [0.5, 0.6) is 11.5 Å². The third-order valence-corrected chi connectivity index (χ3v) is 5.24. The number of nitrogens with one attached hydrogen (secondary N) is 1. The molecule has 0 aliphatic rings. The molecule has 0 aliphatic carbocycles. The number of hydrogen-bond donors (Lipinski definition) is 1. The van der Waals surface area contributed by atoms with Crippen LogP contribution in [0.3, 0.4) is 0 Å². The molecule has 0 atom stereocenters. The van der Waals surface area contributed by atoms with Crippen LogP contribution < -0.4 is 14.8 Å². The first-order valence-corrected chi connectivity index (χ1v) is 10.7. The maximum Gasteiger partial charge on any atom is 0.264 e. The third-order valence-electron chi connectivity index (χ3n) is 3.63. The molecule has 0 radical (unpaired) electrons. The molecule has 0 spiro atoms. The first-order chi connectivity index (χ1) is 13.5. The number of amides is 1. The molecule has 1 aromatic heterocycles. The van der Waals surface area contributed by atoms with E-state index in [4.69, 9.17) is 21.1 Å². The highest BCUT2D eigenvalue weighted by Crippen LogP contribution is 2.29. The monoisotopic (exact) mass is 480 g/mol. The fraction of sp³-hybridized carbons (Fsp3) is 0.200. The number of benzene rings is 2. The van der Waals surface area contributed by atoms with Crippen molar-refractivity contribution in [2.45, 2.75) is 13.3 Å². The lowest BCUT2D eigenvalue weighted by atomic mass is 10.2. The first kappa shape index (κ1) is 20.6. The summed E-state index contributed by atoms with van der Waals surface area (Å²) >= 11 is 10.6. The van der Waals surface area contributed by atoms with Gasteiger partial charge in [0, 0.05) is 16.0 Å². The van der Waals surface area contributed by atoms with Gasteiger partial charge in [-0.2, -0.15) is 0 Å². The van der Waals surface area contributed by atoms with Crippen molar-refractivity contribution in [2.75, 3.05) is 18.5 Å². The summed E-state index contributed by atoms with van der Waals surface area (Å²) in [5, 5.41) is 5.75. The molecular weight excluding hydrogens is 464 g/mol. The molecule has 1 heterocycles. The number of aromatic nitrogens is 1. The second-order valence-electron chi connectivity index (χ2n) is 5.82. The minimum atomic E-state index is -0.286. The largest absolute Gasteiger partial charge is 0.494 e. The van der Waals surface area contributed by atoms with Gasteiger partial charge in [0.1, 0.15) is 11.5 Å². The first-order valence-electron chi connectivity index (χ1n) is 8.61. The smallest absolute Gasteiger partial charge is 0.264 e. The van der Waals surface area contributed by atoms with Crippen LogP contribution in [0.4, 0.5) is 5.13 Å². The van der Waals surface area contributed by atoms with Crippen LogP contribution in [0.15, 0.2) is 52.3 Å². The van der Waals surface area contributed by atoms with E-state index in [9.17, 15) is 4.79 Å². The Morgan fingerprint density at radius 1 is 1.21 bits per heavy atom. The van der Waals surface area contributed by atoms with Crippen molar-refractivity contribution < 1.29 is 14.3 Å². The predicted octanol–water partition coefficient (Wildman–Crippen LogP) is 6.03. The average Bonchev–Trinajstić information content (AvgIpc) is 3.14. The molecule has 5 nitrogen and oxygen atoms in total. The van der Waals surface area contributed by atoms with Crippen molar-refractivity contribution in [3.05, 3.63) is 57.3 Å². The van der Waals surface area contributed by atoms with Crippen molar-refractivity contribution in [1.29, 1.82) is 0 Å². The summed E-state index contributed by atoms with van der Waals surface area (Å²) in [5.74, 6) is 1.09. The summed E-state index contributed by atoms with van der Waals surface area (Å²) in [4.78, 5) is 16.6. The van der Waals surface area contributed by atoms with Gasteiger partial charge in [0.2, 0.25) is 0 Å². The fourth-order valence-electron chi connectivity index (χ4n) is 2.30. The quantitative estimate of drug-likeness (QED) is 0.426. The number of anilines is 1. The van der Waals surface area contributed by atoms with E-state index in [1.54, 1.807) is 18.2 Å². The van der Waals surface area contributed by atoms with Crippen molar-refractivity contribution in [3.8, 4) is 22.8 Å². The van der Waals surface area contributed by atoms with E-state index < -0.39 is 0 Å². The Labute approximate surface area is 180 Å². The Bertz CT molecular complexity index is 947. The highest BCUT2D eigenvalue weighted by molar-refractivity contribution is 9.10. The maximum absolute atomic E-state index is 12.1. The van der Waals surface area contributed by atoms with Gasteiger partial charge < -0.3 is 9.47 Å². The molecule has 1 amide bonds. The van der Waals surface area contributed by atoms with Gasteiger partial charge in [-0.25, -0.2) is 4.98 Å². The zero-order valence-corrected chi connectivity index (χ0v) is 18.2. The molecule has 0 fully saturated rings. The lowest BCUT2D eigenvalue weighted by Gasteiger charge is -2.08. The molecule has 3 rings (SSSR count). The minimum Gasteiger partial charge on any atom is -0.494 e. The topological polar surface area (TPSA) is 60.5 Å². The Morgan fingerprint density at radius 3 is 2.71 bits per heavy atom. The second-order valence-corrected chi connectivity index (χ2v) is 7.97. The molecular formula is C20H18BrClN2O3S. The fourth-order valence-corrected chi connectivity index (χ4v) is 3.83. The molecule has 0 aliphatic heterocycles. The van der Waals surface area contributed by atoms with Crippen molar-refractivity contribution >= 4 is 49.9 Å². The standard InChI is InChI=1S/C20H18BrClN2O3S/c1-2-9-26-15-6-3-13(4-7-15)17-12-28-20(23-17)24-19(25)11-27-18-8-5-14(22)10-16(18)21/h3-8,10,12H,2,9,11H2,1H3,(H,23,24,25). The van der Waals surface area contributed by atoms with Crippen LogP contribution in [-0.4, -0.2) is 24.1 Å². The normalized spacial score (nSPS) is 10.5. The van der Waals surface area contributed by atoms with E-state index in [2.05, 4.69) is 33.2 Å². The van der Waals surface area contributed by atoms with Gasteiger partial charge in [0.15, 0.2) is 11.7 Å². The molecule has 28 heavy (non-hydrogen) atoms. The van der Waals surface area contributed by atoms with E-state index in [1.807, 2.05) is 29.6 Å². The van der Waals surface area contributed by atoms with Gasteiger partial charge >= 0.3 is 0 Å². The number of ether oxygens (including phenoxy) is 2. The predicted molar refractivity (Wildman–Crippen MR) is 117 cm³/mol. The third kappa shape index (κ3) is 5.70. The van der Waals surface area contributed by atoms with E-state index in [0.29, 0.717) is 27.0 Å². The molecule has 146 valence electrons. The molecule has 0 saturated heterocycles. The van der Waals surface area contributed by atoms with Gasteiger partial charge in [0.25, 0.3) is 5.91 Å². The summed E-state index contributed by atoms with van der Waals surface area (Å²) in [6.45, 7) is 2.64. The van der Waals surface area contributed by atoms with Gasteiger partial charge in [-0.1, -0.05) is 18.5 Å². The van der Waals surface area contributed by atoms with E-state index in [0.717, 1.165) is 23.4 Å². The lowest BCUT2D eigenvalue weighted by Crippen LogP contribution is -2.20. The zero-order valence-electron chi connectivity index (χ0n) is 15.1. The Balaban J connectivity index is 1.55.